The quantitative estimate of drug-likeness (QED) is 0.698. The molecule has 0 spiro atoms. The molecule has 0 heterocycles. The minimum Gasteiger partial charge on any atom is -0.489 e. The molecule has 2 nitrogen and oxygen atoms in total. The molecule has 1 aromatic carbocycles. The van der Waals surface area contributed by atoms with E-state index in [2.05, 4.69) is 6.92 Å². The van der Waals surface area contributed by atoms with Crippen molar-refractivity contribution in [3.8, 4) is 5.75 Å². The molecule has 0 saturated heterocycles. The van der Waals surface area contributed by atoms with Gasteiger partial charge in [0.15, 0.2) is 0 Å². The van der Waals surface area contributed by atoms with Crippen LogP contribution in [0.25, 0.3) is 0 Å². The third-order valence-corrected chi connectivity index (χ3v) is 1.82. The molecule has 0 fully saturated rings. The smallest absolute Gasteiger partial charge is 0.142 e. The third kappa shape index (κ3) is 2.16. The van der Waals surface area contributed by atoms with Crippen LogP contribution in [-0.2, 0) is 0 Å². The second-order valence-corrected chi connectivity index (χ2v) is 2.87. The number of hydrogen-bond acceptors (Lipinski definition) is 2. The molecule has 0 unspecified atom stereocenters. The first-order chi connectivity index (χ1) is 5.74. The normalized spacial score (nSPS) is 12.5. The molecule has 0 bridgehead atoms. The molecule has 0 aromatic heterocycles. The van der Waals surface area contributed by atoms with E-state index >= 15 is 0 Å². The molecular weight excluding hydrogens is 150 g/mol. The molecule has 66 valence electrons. The fraction of sp³-hybridized carbons (Fsp3) is 0.400. The second kappa shape index (κ2) is 4.00. The van der Waals surface area contributed by atoms with Crippen LogP contribution in [0.2, 0.25) is 0 Å². The molecule has 1 rings (SSSR count). The second-order valence-electron chi connectivity index (χ2n) is 2.87. The summed E-state index contributed by atoms with van der Waals surface area (Å²) in [6, 6.07) is 7.56. The zero-order valence-electron chi connectivity index (χ0n) is 7.58. The maximum Gasteiger partial charge on any atom is 0.142 e. The number of ether oxygens (including phenoxy) is 1. The maximum atomic E-state index is 5.70. The first-order valence-corrected chi connectivity index (χ1v) is 4.25. The van der Waals surface area contributed by atoms with Crippen molar-refractivity contribution >= 4 is 5.69 Å². The van der Waals surface area contributed by atoms with Gasteiger partial charge in [0.25, 0.3) is 0 Å². The van der Waals surface area contributed by atoms with Crippen molar-refractivity contribution in [1.29, 1.82) is 0 Å². The van der Waals surface area contributed by atoms with Gasteiger partial charge in [0, 0.05) is 0 Å². The Kier molecular flexibility index (Phi) is 2.97. The minimum absolute atomic E-state index is 0.231. The largest absolute Gasteiger partial charge is 0.489 e. The summed E-state index contributed by atoms with van der Waals surface area (Å²) in [5.74, 6) is 0.784. The highest BCUT2D eigenvalue weighted by molar-refractivity contribution is 5.51. The van der Waals surface area contributed by atoms with Crippen molar-refractivity contribution in [3.63, 3.8) is 0 Å². The molecule has 0 aliphatic carbocycles. The minimum atomic E-state index is 0.231. The summed E-state index contributed by atoms with van der Waals surface area (Å²) in [4.78, 5) is 0. The number of anilines is 1. The lowest BCUT2D eigenvalue weighted by Crippen LogP contribution is -2.10. The van der Waals surface area contributed by atoms with Gasteiger partial charge in [-0.2, -0.15) is 0 Å². The van der Waals surface area contributed by atoms with Crippen molar-refractivity contribution in [3.05, 3.63) is 24.3 Å². The summed E-state index contributed by atoms with van der Waals surface area (Å²) in [7, 11) is 0. The average molecular weight is 165 g/mol. The van der Waals surface area contributed by atoms with Crippen LogP contribution in [0.3, 0.4) is 0 Å². The zero-order chi connectivity index (χ0) is 8.97. The molecule has 12 heavy (non-hydrogen) atoms. The predicted octanol–water partition coefficient (Wildman–Crippen LogP) is 2.45. The SMILES string of the molecule is CC[C@H](C)Oc1ccccc1N. The number of hydrogen-bond donors (Lipinski definition) is 1. The van der Waals surface area contributed by atoms with Gasteiger partial charge in [-0.1, -0.05) is 19.1 Å². The topological polar surface area (TPSA) is 35.2 Å². The molecule has 0 radical (unpaired) electrons. The van der Waals surface area contributed by atoms with Gasteiger partial charge in [0.05, 0.1) is 11.8 Å². The van der Waals surface area contributed by atoms with Crippen LogP contribution in [0.1, 0.15) is 20.3 Å². The van der Waals surface area contributed by atoms with Crippen LogP contribution in [0.15, 0.2) is 24.3 Å². The van der Waals surface area contributed by atoms with Crippen LogP contribution >= 0.6 is 0 Å². The van der Waals surface area contributed by atoms with Crippen LogP contribution in [0.5, 0.6) is 5.75 Å². The van der Waals surface area contributed by atoms with Crippen molar-refractivity contribution in [2.45, 2.75) is 26.4 Å². The number of para-hydroxylation sites is 2. The van der Waals surface area contributed by atoms with Gasteiger partial charge < -0.3 is 10.5 Å². The van der Waals surface area contributed by atoms with E-state index in [4.69, 9.17) is 10.5 Å². The van der Waals surface area contributed by atoms with Gasteiger partial charge in [0.1, 0.15) is 5.75 Å². The fourth-order valence-electron chi connectivity index (χ4n) is 0.888. The lowest BCUT2D eigenvalue weighted by atomic mass is 10.3. The van der Waals surface area contributed by atoms with Gasteiger partial charge in [-0.25, -0.2) is 0 Å². The van der Waals surface area contributed by atoms with E-state index < -0.39 is 0 Å². The Hall–Kier alpha value is -1.18. The highest BCUT2D eigenvalue weighted by atomic mass is 16.5. The molecule has 0 saturated carbocycles. The van der Waals surface area contributed by atoms with E-state index in [0.29, 0.717) is 5.69 Å². The number of rotatable bonds is 3. The van der Waals surface area contributed by atoms with Gasteiger partial charge in [0.2, 0.25) is 0 Å². The van der Waals surface area contributed by atoms with Gasteiger partial charge in [-0.05, 0) is 25.5 Å². The lowest BCUT2D eigenvalue weighted by Gasteiger charge is -2.13. The highest BCUT2D eigenvalue weighted by Crippen LogP contribution is 2.21. The van der Waals surface area contributed by atoms with E-state index in [1.807, 2.05) is 31.2 Å². The molecule has 0 aliphatic rings. The number of nitrogens with two attached hydrogens (primary N) is 1. The summed E-state index contributed by atoms with van der Waals surface area (Å²) < 4.78 is 5.57. The Morgan fingerprint density at radius 3 is 2.67 bits per heavy atom. The molecule has 2 N–H and O–H groups in total. The monoisotopic (exact) mass is 165 g/mol. The molecule has 0 amide bonds. The Morgan fingerprint density at radius 2 is 2.08 bits per heavy atom. The van der Waals surface area contributed by atoms with Gasteiger partial charge >= 0.3 is 0 Å². The maximum absolute atomic E-state index is 5.70. The Labute approximate surface area is 73.3 Å². The first kappa shape index (κ1) is 8.91. The zero-order valence-corrected chi connectivity index (χ0v) is 7.58. The Bertz CT molecular complexity index is 247. The first-order valence-electron chi connectivity index (χ1n) is 4.25. The molecule has 0 aliphatic heterocycles. The van der Waals surface area contributed by atoms with Gasteiger partial charge in [-0.3, -0.25) is 0 Å². The van der Waals surface area contributed by atoms with Crippen molar-refractivity contribution in [1.82, 2.24) is 0 Å². The van der Waals surface area contributed by atoms with Crippen LogP contribution in [-0.4, -0.2) is 6.10 Å². The molecule has 1 aromatic rings. The fourth-order valence-corrected chi connectivity index (χ4v) is 0.888. The Balaban J connectivity index is 2.69. The molecular formula is C10H15NO. The van der Waals surface area contributed by atoms with Crippen molar-refractivity contribution in [2.24, 2.45) is 0 Å². The van der Waals surface area contributed by atoms with Crippen molar-refractivity contribution in [2.75, 3.05) is 5.73 Å². The number of benzene rings is 1. The van der Waals surface area contributed by atoms with Crippen LogP contribution in [0, 0.1) is 0 Å². The summed E-state index contributed by atoms with van der Waals surface area (Å²) in [5.41, 5.74) is 6.40. The molecule has 2 heteroatoms. The van der Waals surface area contributed by atoms with Gasteiger partial charge in [-0.15, -0.1) is 0 Å². The van der Waals surface area contributed by atoms with Crippen LogP contribution in [0.4, 0.5) is 5.69 Å². The van der Waals surface area contributed by atoms with E-state index in [1.165, 1.54) is 0 Å². The standard InChI is InChI=1S/C10H15NO/c1-3-8(2)12-10-7-5-4-6-9(10)11/h4-8H,3,11H2,1-2H3/t8-/m0/s1. The van der Waals surface area contributed by atoms with E-state index in [1.54, 1.807) is 0 Å². The third-order valence-electron chi connectivity index (χ3n) is 1.82. The van der Waals surface area contributed by atoms with Crippen molar-refractivity contribution < 1.29 is 4.74 Å². The van der Waals surface area contributed by atoms with E-state index in [0.717, 1.165) is 12.2 Å². The predicted molar refractivity (Wildman–Crippen MR) is 51.2 cm³/mol. The summed E-state index contributed by atoms with van der Waals surface area (Å²) in [6.07, 6.45) is 1.23. The van der Waals surface area contributed by atoms with E-state index in [-0.39, 0.29) is 6.10 Å². The van der Waals surface area contributed by atoms with E-state index in [9.17, 15) is 0 Å². The number of nitrogen functional groups attached to an aromatic ring is 1. The molecule has 1 atom stereocenters. The Morgan fingerprint density at radius 1 is 1.42 bits per heavy atom. The highest BCUT2D eigenvalue weighted by Gasteiger charge is 2.02. The lowest BCUT2D eigenvalue weighted by molar-refractivity contribution is 0.219. The average Bonchev–Trinajstić information content (AvgIpc) is 2.09. The van der Waals surface area contributed by atoms with Crippen LogP contribution < -0.4 is 10.5 Å². The summed E-state index contributed by atoms with van der Waals surface area (Å²) in [5, 5.41) is 0. The summed E-state index contributed by atoms with van der Waals surface area (Å²) >= 11 is 0. The summed E-state index contributed by atoms with van der Waals surface area (Å²) in [6.45, 7) is 4.12.